The van der Waals surface area contributed by atoms with Crippen LogP contribution in [0.2, 0.25) is 0 Å². The van der Waals surface area contributed by atoms with E-state index in [1.54, 1.807) is 13.1 Å². The largest absolute Gasteiger partial charge is 0.486 e. The predicted octanol–water partition coefficient (Wildman–Crippen LogP) is 3.87. The van der Waals surface area contributed by atoms with Crippen LogP contribution in [0.1, 0.15) is 24.3 Å². The van der Waals surface area contributed by atoms with Gasteiger partial charge in [0.05, 0.1) is 11.8 Å². The van der Waals surface area contributed by atoms with Gasteiger partial charge in [-0.3, -0.25) is 4.98 Å². The highest BCUT2D eigenvalue weighted by Gasteiger charge is 2.13. The molecule has 1 heterocycles. The molecule has 0 fully saturated rings. The first-order valence-corrected chi connectivity index (χ1v) is 6.98. The third-order valence-corrected chi connectivity index (χ3v) is 3.45. The van der Waals surface area contributed by atoms with E-state index >= 15 is 0 Å². The van der Waals surface area contributed by atoms with Crippen LogP contribution in [-0.2, 0) is 6.61 Å². The molecule has 0 unspecified atom stereocenters. The van der Waals surface area contributed by atoms with E-state index in [1.165, 1.54) is 0 Å². The lowest BCUT2D eigenvalue weighted by Crippen LogP contribution is -2.03. The summed E-state index contributed by atoms with van der Waals surface area (Å²) >= 11 is 0. The third-order valence-electron chi connectivity index (χ3n) is 3.45. The number of pyridine rings is 1. The van der Waals surface area contributed by atoms with Crippen LogP contribution in [0.15, 0.2) is 60.8 Å². The van der Waals surface area contributed by atoms with Crippen LogP contribution >= 0.6 is 0 Å². The summed E-state index contributed by atoms with van der Waals surface area (Å²) in [6.45, 7) is 2.13. The van der Waals surface area contributed by atoms with Gasteiger partial charge >= 0.3 is 0 Å². The molecule has 0 bridgehead atoms. The van der Waals surface area contributed by atoms with Crippen molar-refractivity contribution in [3.05, 3.63) is 72.1 Å². The topological polar surface area (TPSA) is 42.4 Å². The van der Waals surface area contributed by atoms with Crippen LogP contribution in [0.3, 0.4) is 0 Å². The number of hydrogen-bond acceptors (Lipinski definition) is 3. The second-order valence-electron chi connectivity index (χ2n) is 4.99. The third kappa shape index (κ3) is 2.88. The number of benzene rings is 2. The summed E-state index contributed by atoms with van der Waals surface area (Å²) in [6.07, 6.45) is 1.17. The first-order chi connectivity index (χ1) is 10.3. The molecule has 0 amide bonds. The number of aliphatic hydroxyl groups excluding tert-OH is 1. The monoisotopic (exact) mass is 279 g/mol. The van der Waals surface area contributed by atoms with Crippen molar-refractivity contribution in [2.75, 3.05) is 0 Å². The molecule has 106 valence electrons. The minimum atomic E-state index is -0.576. The highest BCUT2D eigenvalue weighted by atomic mass is 16.5. The zero-order valence-electron chi connectivity index (χ0n) is 11.9. The van der Waals surface area contributed by atoms with E-state index in [2.05, 4.69) is 4.98 Å². The van der Waals surface area contributed by atoms with E-state index in [1.807, 2.05) is 54.6 Å². The second-order valence-corrected chi connectivity index (χ2v) is 4.99. The number of aliphatic hydroxyl groups is 1. The van der Waals surface area contributed by atoms with E-state index in [4.69, 9.17) is 4.74 Å². The fraction of sp³-hybridized carbons (Fsp3) is 0.167. The van der Waals surface area contributed by atoms with Gasteiger partial charge in [0.2, 0.25) is 0 Å². The average molecular weight is 279 g/mol. The van der Waals surface area contributed by atoms with Crippen LogP contribution in [0.25, 0.3) is 10.8 Å². The Morgan fingerprint density at radius 2 is 1.86 bits per heavy atom. The van der Waals surface area contributed by atoms with Gasteiger partial charge < -0.3 is 9.84 Å². The molecule has 0 spiro atoms. The summed E-state index contributed by atoms with van der Waals surface area (Å²) in [5.41, 5.74) is 1.66. The molecule has 1 aromatic heterocycles. The van der Waals surface area contributed by atoms with Gasteiger partial charge in [-0.1, -0.05) is 42.5 Å². The zero-order valence-corrected chi connectivity index (χ0v) is 11.9. The lowest BCUT2D eigenvalue weighted by molar-refractivity contribution is 0.190. The highest BCUT2D eigenvalue weighted by Crippen LogP contribution is 2.34. The van der Waals surface area contributed by atoms with E-state index < -0.39 is 6.10 Å². The molecule has 1 atom stereocenters. The summed E-state index contributed by atoms with van der Waals surface area (Å²) in [6, 6.07) is 17.7. The molecule has 3 aromatic rings. The minimum absolute atomic E-state index is 0.383. The van der Waals surface area contributed by atoms with Crippen LogP contribution in [0, 0.1) is 0 Å². The minimum Gasteiger partial charge on any atom is -0.486 e. The maximum absolute atomic E-state index is 9.97. The van der Waals surface area contributed by atoms with Crippen LogP contribution in [0.5, 0.6) is 5.75 Å². The van der Waals surface area contributed by atoms with Crippen LogP contribution < -0.4 is 4.74 Å². The zero-order chi connectivity index (χ0) is 14.7. The Hall–Kier alpha value is -2.39. The normalized spacial score (nSPS) is 12.3. The van der Waals surface area contributed by atoms with Gasteiger partial charge in [-0.05, 0) is 24.4 Å². The summed E-state index contributed by atoms with van der Waals surface area (Å²) in [5, 5.41) is 12.1. The predicted molar refractivity (Wildman–Crippen MR) is 83.2 cm³/mol. The smallest absolute Gasteiger partial charge is 0.133 e. The SMILES string of the molecule is C[C@@H](O)c1ccc2ccccc2c1OCc1ccccn1. The number of hydrogen-bond donors (Lipinski definition) is 1. The van der Waals surface area contributed by atoms with Crippen molar-refractivity contribution in [1.29, 1.82) is 0 Å². The number of aromatic nitrogens is 1. The Morgan fingerprint density at radius 1 is 1.05 bits per heavy atom. The molecule has 3 nitrogen and oxygen atoms in total. The van der Waals surface area contributed by atoms with Crippen LogP contribution in [-0.4, -0.2) is 10.1 Å². The van der Waals surface area contributed by atoms with Gasteiger partial charge in [0.1, 0.15) is 12.4 Å². The van der Waals surface area contributed by atoms with Crippen molar-refractivity contribution in [3.63, 3.8) is 0 Å². The van der Waals surface area contributed by atoms with E-state index in [0.29, 0.717) is 6.61 Å². The van der Waals surface area contributed by atoms with Gasteiger partial charge in [0, 0.05) is 17.1 Å². The van der Waals surface area contributed by atoms with Crippen molar-refractivity contribution in [2.24, 2.45) is 0 Å². The molecule has 0 aliphatic heterocycles. The fourth-order valence-corrected chi connectivity index (χ4v) is 2.38. The number of ether oxygens (including phenoxy) is 1. The molecule has 0 aliphatic rings. The maximum Gasteiger partial charge on any atom is 0.133 e. The first kappa shape index (κ1) is 13.6. The molecule has 2 aromatic carbocycles. The molecule has 0 saturated carbocycles. The molecular formula is C18H17NO2. The number of rotatable bonds is 4. The quantitative estimate of drug-likeness (QED) is 0.788. The molecule has 0 saturated heterocycles. The summed E-state index contributed by atoms with van der Waals surface area (Å²) < 4.78 is 5.98. The number of fused-ring (bicyclic) bond motifs is 1. The van der Waals surface area contributed by atoms with E-state index in [-0.39, 0.29) is 0 Å². The van der Waals surface area contributed by atoms with Crippen molar-refractivity contribution >= 4 is 10.8 Å². The molecule has 0 radical (unpaired) electrons. The molecule has 3 rings (SSSR count). The second kappa shape index (κ2) is 5.94. The van der Waals surface area contributed by atoms with Gasteiger partial charge in [-0.25, -0.2) is 0 Å². The van der Waals surface area contributed by atoms with Gasteiger partial charge in [0.25, 0.3) is 0 Å². The highest BCUT2D eigenvalue weighted by molar-refractivity contribution is 5.89. The molecule has 21 heavy (non-hydrogen) atoms. The Labute approximate surface area is 123 Å². The Kier molecular flexibility index (Phi) is 3.84. The van der Waals surface area contributed by atoms with Crippen molar-refractivity contribution in [2.45, 2.75) is 19.6 Å². The summed E-state index contributed by atoms with van der Waals surface area (Å²) in [7, 11) is 0. The number of nitrogens with zero attached hydrogens (tertiary/aromatic N) is 1. The molecule has 3 heteroatoms. The van der Waals surface area contributed by atoms with E-state index in [0.717, 1.165) is 27.8 Å². The Bertz CT molecular complexity index is 739. The van der Waals surface area contributed by atoms with Crippen molar-refractivity contribution in [3.8, 4) is 5.75 Å². The Balaban J connectivity index is 2.00. The van der Waals surface area contributed by atoms with Crippen molar-refractivity contribution in [1.82, 2.24) is 4.98 Å². The fourth-order valence-electron chi connectivity index (χ4n) is 2.38. The van der Waals surface area contributed by atoms with Crippen molar-refractivity contribution < 1.29 is 9.84 Å². The lowest BCUT2D eigenvalue weighted by atomic mass is 10.0. The van der Waals surface area contributed by atoms with Crippen LogP contribution in [0.4, 0.5) is 0 Å². The average Bonchev–Trinajstić information content (AvgIpc) is 2.53. The van der Waals surface area contributed by atoms with Gasteiger partial charge in [-0.2, -0.15) is 0 Å². The maximum atomic E-state index is 9.97. The molecule has 0 aliphatic carbocycles. The van der Waals surface area contributed by atoms with E-state index in [9.17, 15) is 5.11 Å². The molecular weight excluding hydrogens is 262 g/mol. The summed E-state index contributed by atoms with van der Waals surface area (Å²) in [4.78, 5) is 4.26. The summed E-state index contributed by atoms with van der Waals surface area (Å²) in [5.74, 6) is 0.730. The van der Waals surface area contributed by atoms with Gasteiger partial charge in [-0.15, -0.1) is 0 Å². The standard InChI is InChI=1S/C18H17NO2/c1-13(20)16-10-9-14-6-2-3-8-17(14)18(16)21-12-15-7-4-5-11-19-15/h2-11,13,20H,12H2,1H3/t13-/m1/s1. The Morgan fingerprint density at radius 3 is 2.62 bits per heavy atom. The van der Waals surface area contributed by atoms with Gasteiger partial charge in [0.15, 0.2) is 0 Å². The molecule has 1 N–H and O–H groups in total. The first-order valence-electron chi connectivity index (χ1n) is 6.98. The lowest BCUT2D eigenvalue weighted by Gasteiger charge is -2.16.